The van der Waals surface area contributed by atoms with Crippen LogP contribution in [0.3, 0.4) is 0 Å². The predicted molar refractivity (Wildman–Crippen MR) is 80.2 cm³/mol. The SMILES string of the molecule is CC(=O)N(/C=C(/C#N)C(=O)Nc1ccccc1C(F)(F)F)CCN. The van der Waals surface area contributed by atoms with Gasteiger partial charge in [0.05, 0.1) is 11.3 Å². The van der Waals surface area contributed by atoms with Crippen molar-refractivity contribution in [1.29, 1.82) is 5.26 Å². The Hall–Kier alpha value is -2.86. The van der Waals surface area contributed by atoms with E-state index in [0.29, 0.717) is 0 Å². The van der Waals surface area contributed by atoms with Gasteiger partial charge in [0.25, 0.3) is 5.91 Å². The molecule has 9 heteroatoms. The highest BCUT2D eigenvalue weighted by atomic mass is 19.4. The number of anilines is 1. The third kappa shape index (κ3) is 5.10. The van der Waals surface area contributed by atoms with Gasteiger partial charge in [0.15, 0.2) is 0 Å². The Labute approximate surface area is 136 Å². The molecule has 6 nitrogen and oxygen atoms in total. The molecular weight excluding hydrogens is 325 g/mol. The highest BCUT2D eigenvalue weighted by molar-refractivity contribution is 6.07. The van der Waals surface area contributed by atoms with Gasteiger partial charge < -0.3 is 16.0 Å². The van der Waals surface area contributed by atoms with E-state index in [2.05, 4.69) is 0 Å². The highest BCUT2D eigenvalue weighted by Crippen LogP contribution is 2.34. The Morgan fingerprint density at radius 1 is 1.38 bits per heavy atom. The Morgan fingerprint density at radius 3 is 2.50 bits per heavy atom. The number of amides is 2. The molecule has 1 aromatic carbocycles. The number of benzene rings is 1. The maximum absolute atomic E-state index is 12.9. The molecule has 0 unspecified atom stereocenters. The zero-order valence-corrected chi connectivity index (χ0v) is 12.7. The number of carbonyl (C=O) groups is 2. The van der Waals surface area contributed by atoms with Gasteiger partial charge in [-0.2, -0.15) is 18.4 Å². The van der Waals surface area contributed by atoms with E-state index in [1.54, 1.807) is 6.07 Å². The molecule has 1 rings (SSSR count). The zero-order chi connectivity index (χ0) is 18.3. The first-order valence-corrected chi connectivity index (χ1v) is 6.77. The predicted octanol–water partition coefficient (Wildman–Crippen LogP) is 1.86. The van der Waals surface area contributed by atoms with Crippen LogP contribution >= 0.6 is 0 Å². The standard InChI is InChI=1S/C15H15F3N4O2/c1-10(23)22(7-6-19)9-11(8-20)14(24)21-13-5-3-2-4-12(13)15(16,17)18/h2-5,9H,6-7,19H2,1H3,(H,21,24)/b11-9-. The summed E-state index contributed by atoms with van der Waals surface area (Å²) in [5, 5.41) is 11.1. The average molecular weight is 340 g/mol. The van der Waals surface area contributed by atoms with Crippen molar-refractivity contribution in [2.24, 2.45) is 5.73 Å². The van der Waals surface area contributed by atoms with Gasteiger partial charge in [0.1, 0.15) is 11.6 Å². The van der Waals surface area contributed by atoms with E-state index in [1.165, 1.54) is 19.1 Å². The largest absolute Gasteiger partial charge is 0.418 e. The van der Waals surface area contributed by atoms with Crippen molar-refractivity contribution in [2.45, 2.75) is 13.1 Å². The van der Waals surface area contributed by atoms with Crippen LogP contribution in [-0.2, 0) is 15.8 Å². The van der Waals surface area contributed by atoms with Crippen LogP contribution in [0.25, 0.3) is 0 Å². The Morgan fingerprint density at radius 2 is 2.00 bits per heavy atom. The molecular formula is C15H15F3N4O2. The van der Waals surface area contributed by atoms with Gasteiger partial charge in [0.2, 0.25) is 5.91 Å². The fourth-order valence-corrected chi connectivity index (χ4v) is 1.78. The lowest BCUT2D eigenvalue weighted by Crippen LogP contribution is -2.30. The van der Waals surface area contributed by atoms with Gasteiger partial charge in [-0.25, -0.2) is 0 Å². The van der Waals surface area contributed by atoms with Crippen molar-refractivity contribution >= 4 is 17.5 Å². The minimum absolute atomic E-state index is 0.0624. The quantitative estimate of drug-likeness (QED) is 0.631. The molecule has 0 spiro atoms. The molecule has 0 aliphatic heterocycles. The summed E-state index contributed by atoms with van der Waals surface area (Å²) in [7, 11) is 0. The summed E-state index contributed by atoms with van der Waals surface area (Å²) < 4.78 is 38.7. The summed E-state index contributed by atoms with van der Waals surface area (Å²) in [4.78, 5) is 24.5. The van der Waals surface area contributed by atoms with Crippen LogP contribution in [0.2, 0.25) is 0 Å². The highest BCUT2D eigenvalue weighted by Gasteiger charge is 2.33. The Balaban J connectivity index is 3.10. The van der Waals surface area contributed by atoms with Crippen LogP contribution in [0.4, 0.5) is 18.9 Å². The third-order valence-electron chi connectivity index (χ3n) is 2.91. The number of hydrogen-bond donors (Lipinski definition) is 2. The molecule has 1 aromatic rings. The number of alkyl halides is 3. The van der Waals surface area contributed by atoms with Gasteiger partial charge in [-0.1, -0.05) is 12.1 Å². The lowest BCUT2D eigenvalue weighted by Gasteiger charge is -2.16. The van der Waals surface area contributed by atoms with E-state index in [4.69, 9.17) is 11.0 Å². The second-order valence-corrected chi connectivity index (χ2v) is 4.65. The van der Waals surface area contributed by atoms with Crippen molar-refractivity contribution < 1.29 is 22.8 Å². The molecule has 24 heavy (non-hydrogen) atoms. The van der Waals surface area contributed by atoms with Gasteiger partial charge in [-0.15, -0.1) is 0 Å². The van der Waals surface area contributed by atoms with Crippen LogP contribution in [-0.4, -0.2) is 29.8 Å². The number of nitriles is 1. The molecule has 128 valence electrons. The topological polar surface area (TPSA) is 99.2 Å². The van der Waals surface area contributed by atoms with E-state index in [1.807, 2.05) is 5.32 Å². The lowest BCUT2D eigenvalue weighted by molar-refractivity contribution is -0.137. The van der Waals surface area contributed by atoms with Gasteiger partial charge in [0, 0.05) is 26.2 Å². The van der Waals surface area contributed by atoms with E-state index in [-0.39, 0.29) is 13.1 Å². The van der Waals surface area contributed by atoms with Crippen LogP contribution in [0.1, 0.15) is 12.5 Å². The van der Waals surface area contributed by atoms with Gasteiger partial charge >= 0.3 is 6.18 Å². The molecule has 2 amide bonds. The van der Waals surface area contributed by atoms with Crippen molar-refractivity contribution in [3.05, 3.63) is 41.6 Å². The lowest BCUT2D eigenvalue weighted by atomic mass is 10.1. The fraction of sp³-hybridized carbons (Fsp3) is 0.267. The van der Waals surface area contributed by atoms with Gasteiger partial charge in [-0.05, 0) is 12.1 Å². The molecule has 0 aromatic heterocycles. The maximum atomic E-state index is 12.9. The molecule has 0 radical (unpaired) electrons. The minimum atomic E-state index is -4.66. The van der Waals surface area contributed by atoms with Crippen LogP contribution in [0.5, 0.6) is 0 Å². The minimum Gasteiger partial charge on any atom is -0.329 e. The maximum Gasteiger partial charge on any atom is 0.418 e. The van der Waals surface area contributed by atoms with E-state index in [9.17, 15) is 22.8 Å². The molecule has 3 N–H and O–H groups in total. The van der Waals surface area contributed by atoms with E-state index >= 15 is 0 Å². The first kappa shape index (κ1) is 19.2. The number of carbonyl (C=O) groups excluding carboxylic acids is 2. The number of nitrogens with zero attached hydrogens (tertiary/aromatic N) is 2. The molecule has 0 heterocycles. The van der Waals surface area contributed by atoms with Crippen molar-refractivity contribution in [3.8, 4) is 6.07 Å². The fourth-order valence-electron chi connectivity index (χ4n) is 1.78. The van der Waals surface area contributed by atoms with Crippen molar-refractivity contribution in [3.63, 3.8) is 0 Å². The molecule has 0 atom stereocenters. The van der Waals surface area contributed by atoms with Gasteiger partial charge in [-0.3, -0.25) is 9.59 Å². The van der Waals surface area contributed by atoms with Crippen LogP contribution in [0.15, 0.2) is 36.0 Å². The van der Waals surface area contributed by atoms with Crippen LogP contribution < -0.4 is 11.1 Å². The van der Waals surface area contributed by atoms with Crippen molar-refractivity contribution in [1.82, 2.24) is 4.90 Å². The van der Waals surface area contributed by atoms with Crippen molar-refractivity contribution in [2.75, 3.05) is 18.4 Å². The summed E-state index contributed by atoms with van der Waals surface area (Å²) in [6, 6.07) is 5.93. The smallest absolute Gasteiger partial charge is 0.329 e. The normalized spacial score (nSPS) is 11.6. The molecule has 0 fully saturated rings. The second-order valence-electron chi connectivity index (χ2n) is 4.65. The number of rotatable bonds is 5. The number of nitrogens with two attached hydrogens (primary N) is 1. The summed E-state index contributed by atoms with van der Waals surface area (Å²) >= 11 is 0. The summed E-state index contributed by atoms with van der Waals surface area (Å²) in [6.45, 7) is 1.36. The number of hydrogen-bond acceptors (Lipinski definition) is 4. The van der Waals surface area contributed by atoms with E-state index < -0.39 is 34.8 Å². The van der Waals surface area contributed by atoms with Crippen LogP contribution in [0, 0.1) is 11.3 Å². The Bertz CT molecular complexity index is 693. The molecule has 0 saturated carbocycles. The number of halogens is 3. The zero-order valence-electron chi connectivity index (χ0n) is 12.7. The Kier molecular flexibility index (Phi) is 6.49. The summed E-state index contributed by atoms with van der Waals surface area (Å²) in [5.41, 5.74) is 3.28. The average Bonchev–Trinajstić information content (AvgIpc) is 2.50. The molecule has 0 saturated heterocycles. The molecule has 0 bridgehead atoms. The molecule has 0 aliphatic carbocycles. The third-order valence-corrected chi connectivity index (χ3v) is 2.91. The molecule has 0 aliphatic rings. The monoisotopic (exact) mass is 340 g/mol. The van der Waals surface area contributed by atoms with E-state index in [0.717, 1.165) is 23.2 Å². The first-order chi connectivity index (χ1) is 11.2. The summed E-state index contributed by atoms with van der Waals surface area (Å²) in [6.07, 6.45) is -3.70. The number of nitrogens with one attached hydrogen (secondary N) is 1. The summed E-state index contributed by atoms with van der Waals surface area (Å²) in [5.74, 6) is -1.52. The first-order valence-electron chi connectivity index (χ1n) is 6.77. The second kappa shape index (κ2) is 8.12. The number of para-hydroxylation sites is 1.